The van der Waals surface area contributed by atoms with Crippen LogP contribution in [0.15, 0.2) is 47.4 Å². The minimum Gasteiger partial charge on any atom is -0.484 e. The fraction of sp³-hybridized carbons (Fsp3) is 0.250. The van der Waals surface area contributed by atoms with Gasteiger partial charge in [-0.05, 0) is 43.2 Å². The summed E-state index contributed by atoms with van der Waals surface area (Å²) in [5, 5.41) is 5.84. The Morgan fingerprint density at radius 1 is 1.17 bits per heavy atom. The van der Waals surface area contributed by atoms with Crippen LogP contribution >= 0.6 is 11.3 Å². The number of benzene rings is 2. The van der Waals surface area contributed by atoms with Gasteiger partial charge in [0.25, 0.3) is 5.91 Å². The average molecular weight is 446 g/mol. The topological polar surface area (TPSA) is 114 Å². The van der Waals surface area contributed by atoms with Crippen molar-refractivity contribution < 1.29 is 22.7 Å². The van der Waals surface area contributed by atoms with Crippen LogP contribution in [0.3, 0.4) is 0 Å². The number of hydrogen-bond acceptors (Lipinski definition) is 7. The maximum absolute atomic E-state index is 12.2. The van der Waals surface area contributed by atoms with Crippen molar-refractivity contribution in [2.45, 2.75) is 17.7 Å². The van der Waals surface area contributed by atoms with Crippen LogP contribution in [-0.4, -0.2) is 38.1 Å². The molecule has 30 heavy (non-hydrogen) atoms. The Morgan fingerprint density at radius 2 is 1.97 bits per heavy atom. The van der Waals surface area contributed by atoms with E-state index in [9.17, 15) is 18.0 Å². The zero-order chi connectivity index (χ0) is 21.3. The van der Waals surface area contributed by atoms with E-state index in [-0.39, 0.29) is 23.3 Å². The second kappa shape index (κ2) is 8.04. The number of carbonyl (C=O) groups excluding carboxylic acids is 2. The van der Waals surface area contributed by atoms with Crippen molar-refractivity contribution in [2.75, 3.05) is 23.5 Å². The van der Waals surface area contributed by atoms with E-state index < -0.39 is 15.7 Å². The lowest BCUT2D eigenvalue weighted by Gasteiger charge is -2.08. The van der Waals surface area contributed by atoms with Gasteiger partial charge in [-0.2, -0.15) is 0 Å². The second-order valence-corrected chi connectivity index (χ2v) is 10.1. The molecule has 1 fully saturated rings. The average Bonchev–Trinajstić information content (AvgIpc) is 3.46. The van der Waals surface area contributed by atoms with Gasteiger partial charge in [-0.25, -0.2) is 13.4 Å². The minimum atomic E-state index is -3.31. The zero-order valence-corrected chi connectivity index (χ0v) is 17.7. The van der Waals surface area contributed by atoms with E-state index in [0.717, 1.165) is 19.1 Å². The Hall–Kier alpha value is -2.98. The molecule has 1 saturated carbocycles. The molecule has 1 heterocycles. The number of carbonyl (C=O) groups is 2. The normalized spacial score (nSPS) is 13.8. The third-order valence-electron chi connectivity index (χ3n) is 4.45. The Morgan fingerprint density at radius 3 is 2.70 bits per heavy atom. The summed E-state index contributed by atoms with van der Waals surface area (Å²) < 4.78 is 29.5. The second-order valence-electron chi connectivity index (χ2n) is 7.05. The highest BCUT2D eigenvalue weighted by Crippen LogP contribution is 2.31. The van der Waals surface area contributed by atoms with Gasteiger partial charge < -0.3 is 10.1 Å². The number of fused-ring (bicyclic) bond motifs is 1. The monoisotopic (exact) mass is 445 g/mol. The molecule has 1 aliphatic rings. The van der Waals surface area contributed by atoms with Gasteiger partial charge in [0, 0.05) is 23.9 Å². The van der Waals surface area contributed by atoms with Crippen molar-refractivity contribution >= 4 is 54.0 Å². The molecule has 10 heteroatoms. The molecule has 0 atom stereocenters. The summed E-state index contributed by atoms with van der Waals surface area (Å²) in [5.74, 6) is 0.160. The van der Waals surface area contributed by atoms with E-state index in [0.29, 0.717) is 26.8 Å². The van der Waals surface area contributed by atoms with Crippen LogP contribution in [-0.2, 0) is 19.4 Å². The van der Waals surface area contributed by atoms with Crippen molar-refractivity contribution in [2.24, 2.45) is 5.92 Å². The van der Waals surface area contributed by atoms with Crippen molar-refractivity contribution in [1.29, 1.82) is 0 Å². The summed E-state index contributed by atoms with van der Waals surface area (Å²) in [5.41, 5.74) is 1.22. The van der Waals surface area contributed by atoms with Gasteiger partial charge in [0.15, 0.2) is 21.6 Å². The third-order valence-corrected chi connectivity index (χ3v) is 6.50. The van der Waals surface area contributed by atoms with Crippen LogP contribution in [0.25, 0.3) is 10.2 Å². The molecule has 1 aliphatic carbocycles. The van der Waals surface area contributed by atoms with Crippen LogP contribution in [0, 0.1) is 5.92 Å². The molecule has 2 aromatic carbocycles. The van der Waals surface area contributed by atoms with Crippen LogP contribution in [0.1, 0.15) is 12.8 Å². The minimum absolute atomic E-state index is 0.000223. The maximum Gasteiger partial charge on any atom is 0.264 e. The summed E-state index contributed by atoms with van der Waals surface area (Å²) in [4.78, 5) is 28.6. The highest BCUT2D eigenvalue weighted by Gasteiger charge is 2.29. The number of amides is 2. The highest BCUT2D eigenvalue weighted by atomic mass is 32.2. The number of sulfone groups is 1. The van der Waals surface area contributed by atoms with Crippen molar-refractivity contribution in [3.63, 3.8) is 0 Å². The lowest BCUT2D eigenvalue weighted by Crippen LogP contribution is -2.20. The molecule has 3 aromatic rings. The molecule has 0 aliphatic heterocycles. The molecule has 156 valence electrons. The molecule has 0 saturated heterocycles. The molecule has 1 aromatic heterocycles. The SMILES string of the molecule is CS(=O)(=O)c1ccc2nc(NC(=O)COc3cccc(NC(=O)C4CC4)c3)sc2c1. The molecule has 2 N–H and O–H groups in total. The standard InChI is InChI=1S/C20H19N3O5S2/c1-30(26,27)15-7-8-16-17(10-15)29-20(22-16)23-18(24)11-28-14-4-2-3-13(9-14)21-19(25)12-5-6-12/h2-4,7-10,12H,5-6,11H2,1H3,(H,21,25)(H,22,23,24). The Bertz CT molecular complexity index is 1230. The number of nitrogens with one attached hydrogen (secondary N) is 2. The number of aromatic nitrogens is 1. The first-order valence-corrected chi connectivity index (χ1v) is 11.9. The lowest BCUT2D eigenvalue weighted by molar-refractivity contribution is -0.118. The maximum atomic E-state index is 12.2. The molecule has 0 spiro atoms. The number of rotatable bonds is 7. The zero-order valence-electron chi connectivity index (χ0n) is 16.0. The molecule has 0 radical (unpaired) electrons. The summed E-state index contributed by atoms with van der Waals surface area (Å²) in [6, 6.07) is 11.5. The van der Waals surface area contributed by atoms with Gasteiger partial charge >= 0.3 is 0 Å². The van der Waals surface area contributed by atoms with E-state index >= 15 is 0 Å². The molecule has 0 bridgehead atoms. The van der Waals surface area contributed by atoms with Crippen molar-refractivity contribution in [1.82, 2.24) is 4.98 Å². The summed E-state index contributed by atoms with van der Waals surface area (Å²) in [6.07, 6.45) is 2.98. The van der Waals surface area contributed by atoms with E-state index in [1.165, 1.54) is 23.5 Å². The van der Waals surface area contributed by atoms with E-state index in [1.807, 2.05) is 0 Å². The number of ether oxygens (including phenoxy) is 1. The molecule has 0 unspecified atom stereocenters. The van der Waals surface area contributed by atoms with Crippen LogP contribution in [0.5, 0.6) is 5.75 Å². The third kappa shape index (κ3) is 4.95. The fourth-order valence-corrected chi connectivity index (χ4v) is 4.39. The van der Waals surface area contributed by atoms with Gasteiger partial charge in [0.05, 0.1) is 15.1 Å². The quantitative estimate of drug-likeness (QED) is 0.578. The molecule has 4 rings (SSSR count). The first-order valence-electron chi connectivity index (χ1n) is 9.22. The number of anilines is 2. The Balaban J connectivity index is 1.36. The predicted octanol–water partition coefficient (Wildman–Crippen LogP) is 3.07. The van der Waals surface area contributed by atoms with Gasteiger partial charge in [0.2, 0.25) is 5.91 Å². The van der Waals surface area contributed by atoms with E-state index in [4.69, 9.17) is 4.74 Å². The van der Waals surface area contributed by atoms with Crippen LogP contribution in [0.4, 0.5) is 10.8 Å². The van der Waals surface area contributed by atoms with Gasteiger partial charge in [-0.1, -0.05) is 17.4 Å². The van der Waals surface area contributed by atoms with Crippen LogP contribution < -0.4 is 15.4 Å². The van der Waals surface area contributed by atoms with Gasteiger partial charge in [-0.3, -0.25) is 14.9 Å². The number of hydrogen-bond donors (Lipinski definition) is 2. The predicted molar refractivity (Wildman–Crippen MR) is 115 cm³/mol. The highest BCUT2D eigenvalue weighted by molar-refractivity contribution is 7.90. The number of nitrogens with zero attached hydrogens (tertiary/aromatic N) is 1. The van der Waals surface area contributed by atoms with Crippen molar-refractivity contribution in [3.05, 3.63) is 42.5 Å². The first kappa shape index (κ1) is 20.3. The molecule has 2 amide bonds. The van der Waals surface area contributed by atoms with Gasteiger partial charge in [0.1, 0.15) is 5.75 Å². The van der Waals surface area contributed by atoms with Crippen LogP contribution in [0.2, 0.25) is 0 Å². The van der Waals surface area contributed by atoms with Crippen molar-refractivity contribution in [3.8, 4) is 5.75 Å². The first-order chi connectivity index (χ1) is 14.3. The Kier molecular flexibility index (Phi) is 5.44. The molecular weight excluding hydrogens is 426 g/mol. The summed E-state index contributed by atoms with van der Waals surface area (Å²) >= 11 is 1.18. The summed E-state index contributed by atoms with van der Waals surface area (Å²) in [6.45, 7) is -0.232. The Labute approximate surface area is 177 Å². The van der Waals surface area contributed by atoms with E-state index in [2.05, 4.69) is 15.6 Å². The fourth-order valence-electron chi connectivity index (χ4n) is 2.75. The largest absolute Gasteiger partial charge is 0.484 e. The van der Waals surface area contributed by atoms with E-state index in [1.54, 1.807) is 30.3 Å². The van der Waals surface area contributed by atoms with Gasteiger partial charge in [-0.15, -0.1) is 0 Å². The molecule has 8 nitrogen and oxygen atoms in total. The lowest BCUT2D eigenvalue weighted by atomic mass is 10.3. The number of thiazole rings is 1. The smallest absolute Gasteiger partial charge is 0.264 e. The summed E-state index contributed by atoms with van der Waals surface area (Å²) in [7, 11) is -3.31. The molecular formula is C20H19N3O5S2.